The molecule has 2 aromatic rings. The summed E-state index contributed by atoms with van der Waals surface area (Å²) in [6, 6.07) is 10.5. The van der Waals surface area contributed by atoms with Crippen molar-refractivity contribution in [2.24, 2.45) is 0 Å². The highest BCUT2D eigenvalue weighted by atomic mass is 16.5. The van der Waals surface area contributed by atoms with E-state index < -0.39 is 11.9 Å². The minimum absolute atomic E-state index is 0.238. The number of hydrogen-bond acceptors (Lipinski definition) is 4. The van der Waals surface area contributed by atoms with E-state index in [4.69, 9.17) is 4.74 Å². The minimum atomic E-state index is -0.948. The molecule has 1 heterocycles. The Hall–Kier alpha value is -2.49. The van der Waals surface area contributed by atoms with Gasteiger partial charge in [0.2, 0.25) is 0 Å². The summed E-state index contributed by atoms with van der Waals surface area (Å²) in [5, 5.41) is 0. The van der Waals surface area contributed by atoms with Crippen molar-refractivity contribution in [1.82, 2.24) is 4.98 Å². The second kappa shape index (κ2) is 6.79. The fraction of sp³-hybridized carbons (Fsp3) is 0.235. The maximum atomic E-state index is 12.7. The highest BCUT2D eigenvalue weighted by Crippen LogP contribution is 2.22. The summed E-state index contributed by atoms with van der Waals surface area (Å²) in [5.41, 5.74) is 2.15. The zero-order chi connectivity index (χ0) is 15.2. The summed E-state index contributed by atoms with van der Waals surface area (Å²) < 4.78 is 5.04. The molecule has 0 saturated carbocycles. The summed E-state index contributed by atoms with van der Waals surface area (Å²) >= 11 is 0. The summed E-state index contributed by atoms with van der Waals surface area (Å²) in [4.78, 5) is 28.7. The van der Waals surface area contributed by atoms with Crippen molar-refractivity contribution in [2.75, 3.05) is 6.61 Å². The molecule has 4 nitrogen and oxygen atoms in total. The van der Waals surface area contributed by atoms with E-state index >= 15 is 0 Å². The normalized spacial score (nSPS) is 11.7. The lowest BCUT2D eigenvalue weighted by molar-refractivity contribution is -0.143. The van der Waals surface area contributed by atoms with E-state index in [1.165, 1.54) is 0 Å². The Labute approximate surface area is 123 Å². The number of ether oxygens (including phenoxy) is 1. The number of hydrogen-bond donors (Lipinski definition) is 0. The van der Waals surface area contributed by atoms with E-state index in [-0.39, 0.29) is 12.4 Å². The lowest BCUT2D eigenvalue weighted by Crippen LogP contribution is -2.24. The topological polar surface area (TPSA) is 56.3 Å². The first-order chi connectivity index (χ1) is 10.1. The fourth-order valence-corrected chi connectivity index (χ4v) is 2.06. The molecular weight excluding hydrogens is 266 g/mol. The van der Waals surface area contributed by atoms with Gasteiger partial charge in [-0.25, -0.2) is 0 Å². The van der Waals surface area contributed by atoms with Crippen LogP contribution in [0.25, 0.3) is 0 Å². The molecule has 0 aliphatic rings. The first-order valence-corrected chi connectivity index (χ1v) is 6.81. The van der Waals surface area contributed by atoms with Crippen LogP contribution < -0.4 is 0 Å². The minimum Gasteiger partial charge on any atom is -0.465 e. The first-order valence-electron chi connectivity index (χ1n) is 6.81. The fourth-order valence-electron chi connectivity index (χ4n) is 2.06. The standard InChI is InChI=1S/C17H17NO3/c1-3-21-17(20)15(13-8-10-18-11-9-13)16(19)14-6-4-12(2)5-7-14/h4-11,15H,3H2,1-2H3. The van der Waals surface area contributed by atoms with Crippen LogP contribution in [-0.4, -0.2) is 23.3 Å². The Morgan fingerprint density at radius 2 is 1.71 bits per heavy atom. The van der Waals surface area contributed by atoms with Crippen LogP contribution in [0.3, 0.4) is 0 Å². The second-order valence-corrected chi connectivity index (χ2v) is 4.70. The van der Waals surface area contributed by atoms with Gasteiger partial charge in [-0.05, 0) is 31.5 Å². The largest absolute Gasteiger partial charge is 0.465 e. The first kappa shape index (κ1) is 14.9. The Morgan fingerprint density at radius 3 is 2.29 bits per heavy atom. The van der Waals surface area contributed by atoms with Gasteiger partial charge in [0.1, 0.15) is 5.92 Å². The van der Waals surface area contributed by atoms with Crippen LogP contribution in [0.1, 0.15) is 34.3 Å². The molecule has 2 rings (SSSR count). The molecule has 0 amide bonds. The third kappa shape index (κ3) is 3.54. The van der Waals surface area contributed by atoms with E-state index in [1.807, 2.05) is 19.1 Å². The van der Waals surface area contributed by atoms with Crippen molar-refractivity contribution in [3.8, 4) is 0 Å². The third-order valence-corrected chi connectivity index (χ3v) is 3.16. The van der Waals surface area contributed by atoms with Crippen LogP contribution in [0.2, 0.25) is 0 Å². The molecule has 21 heavy (non-hydrogen) atoms. The van der Waals surface area contributed by atoms with Gasteiger partial charge in [0.15, 0.2) is 5.78 Å². The van der Waals surface area contributed by atoms with Crippen LogP contribution in [0.5, 0.6) is 0 Å². The highest BCUT2D eigenvalue weighted by Gasteiger charge is 2.30. The van der Waals surface area contributed by atoms with Crippen LogP contribution in [-0.2, 0) is 9.53 Å². The van der Waals surface area contributed by atoms with Crippen LogP contribution in [0.4, 0.5) is 0 Å². The molecule has 1 aromatic carbocycles. The van der Waals surface area contributed by atoms with Gasteiger partial charge in [0.25, 0.3) is 0 Å². The van der Waals surface area contributed by atoms with E-state index in [2.05, 4.69) is 4.98 Å². The number of ketones is 1. The summed E-state index contributed by atoms with van der Waals surface area (Å²) in [6.07, 6.45) is 3.12. The lowest BCUT2D eigenvalue weighted by Gasteiger charge is -2.15. The van der Waals surface area contributed by atoms with Gasteiger partial charge in [-0.1, -0.05) is 29.8 Å². The Bertz CT molecular complexity index is 620. The highest BCUT2D eigenvalue weighted by molar-refractivity contribution is 6.12. The van der Waals surface area contributed by atoms with Crippen molar-refractivity contribution >= 4 is 11.8 Å². The van der Waals surface area contributed by atoms with Crippen LogP contribution in [0, 0.1) is 6.92 Å². The van der Waals surface area contributed by atoms with Crippen LogP contribution in [0.15, 0.2) is 48.8 Å². The van der Waals surface area contributed by atoms with Crippen molar-refractivity contribution in [3.05, 3.63) is 65.5 Å². The average molecular weight is 283 g/mol. The van der Waals surface area contributed by atoms with E-state index in [0.717, 1.165) is 5.56 Å². The van der Waals surface area contributed by atoms with Crippen molar-refractivity contribution < 1.29 is 14.3 Å². The average Bonchev–Trinajstić information content (AvgIpc) is 2.49. The van der Waals surface area contributed by atoms with E-state index in [9.17, 15) is 9.59 Å². The molecule has 4 heteroatoms. The number of carbonyl (C=O) groups excluding carboxylic acids is 2. The van der Waals surface area contributed by atoms with Gasteiger partial charge in [-0.2, -0.15) is 0 Å². The number of rotatable bonds is 5. The number of Topliss-reactive ketones (excluding diaryl/α,β-unsaturated/α-hetero) is 1. The number of esters is 1. The molecule has 0 bridgehead atoms. The van der Waals surface area contributed by atoms with Gasteiger partial charge >= 0.3 is 5.97 Å². The molecule has 0 aliphatic carbocycles. The SMILES string of the molecule is CCOC(=O)C(C(=O)c1ccc(C)cc1)c1ccncc1. The summed E-state index contributed by atoms with van der Waals surface area (Å²) in [6.45, 7) is 3.90. The predicted molar refractivity (Wildman–Crippen MR) is 79.1 cm³/mol. The number of pyridine rings is 1. The number of benzene rings is 1. The van der Waals surface area contributed by atoms with Gasteiger partial charge < -0.3 is 4.74 Å². The zero-order valence-corrected chi connectivity index (χ0v) is 12.1. The van der Waals surface area contributed by atoms with Gasteiger partial charge in [-0.15, -0.1) is 0 Å². The summed E-state index contributed by atoms with van der Waals surface area (Å²) in [7, 11) is 0. The van der Waals surface area contributed by atoms with Gasteiger partial charge in [0.05, 0.1) is 6.61 Å². The van der Waals surface area contributed by atoms with E-state index in [0.29, 0.717) is 11.1 Å². The lowest BCUT2D eigenvalue weighted by atomic mass is 9.91. The predicted octanol–water partition coefficient (Wildman–Crippen LogP) is 2.92. The molecule has 108 valence electrons. The molecule has 0 saturated heterocycles. The maximum Gasteiger partial charge on any atom is 0.321 e. The molecule has 1 aromatic heterocycles. The number of nitrogens with zero attached hydrogens (tertiary/aromatic N) is 1. The van der Waals surface area contributed by atoms with Gasteiger partial charge in [0, 0.05) is 18.0 Å². The molecule has 0 N–H and O–H groups in total. The third-order valence-electron chi connectivity index (χ3n) is 3.16. The summed E-state index contributed by atoms with van der Waals surface area (Å²) in [5.74, 6) is -1.75. The molecule has 1 atom stereocenters. The maximum absolute atomic E-state index is 12.7. The molecule has 0 spiro atoms. The number of aryl methyl sites for hydroxylation is 1. The molecule has 0 aliphatic heterocycles. The Balaban J connectivity index is 2.37. The molecule has 0 radical (unpaired) electrons. The van der Waals surface area contributed by atoms with E-state index in [1.54, 1.807) is 43.6 Å². The van der Waals surface area contributed by atoms with Crippen molar-refractivity contribution in [1.29, 1.82) is 0 Å². The quantitative estimate of drug-likeness (QED) is 0.481. The smallest absolute Gasteiger partial charge is 0.321 e. The molecule has 1 unspecified atom stereocenters. The molecular formula is C17H17NO3. The van der Waals surface area contributed by atoms with Crippen LogP contribution >= 0.6 is 0 Å². The zero-order valence-electron chi connectivity index (χ0n) is 12.1. The Morgan fingerprint density at radius 1 is 1.10 bits per heavy atom. The molecule has 0 fully saturated rings. The number of carbonyl (C=O) groups is 2. The second-order valence-electron chi connectivity index (χ2n) is 4.70. The van der Waals surface area contributed by atoms with Gasteiger partial charge in [-0.3, -0.25) is 14.6 Å². The van der Waals surface area contributed by atoms with Crippen molar-refractivity contribution in [3.63, 3.8) is 0 Å². The monoisotopic (exact) mass is 283 g/mol. The Kier molecular flexibility index (Phi) is 4.82. The van der Waals surface area contributed by atoms with Crippen molar-refractivity contribution in [2.45, 2.75) is 19.8 Å². The number of aromatic nitrogens is 1.